The zero-order valence-electron chi connectivity index (χ0n) is 37.4. The van der Waals surface area contributed by atoms with E-state index in [1.54, 1.807) is 0 Å². The van der Waals surface area contributed by atoms with E-state index >= 15 is 0 Å². The Morgan fingerprint density at radius 3 is 1.80 bits per heavy atom. The highest BCUT2D eigenvalue weighted by Gasteiger charge is 2.25. The van der Waals surface area contributed by atoms with Crippen molar-refractivity contribution < 1.29 is 9.30 Å². The first-order chi connectivity index (χ1) is 31.8. The van der Waals surface area contributed by atoms with E-state index in [2.05, 4.69) is 199 Å². The number of pyridine rings is 1. The molecule has 8 bridgehead atoms. The van der Waals surface area contributed by atoms with E-state index in [-0.39, 0.29) is 5.41 Å². The third kappa shape index (κ3) is 7.20. The van der Waals surface area contributed by atoms with Crippen LogP contribution < -0.4 is 9.30 Å². The summed E-state index contributed by atoms with van der Waals surface area (Å²) in [7, 11) is 0. The van der Waals surface area contributed by atoms with Gasteiger partial charge in [-0.05, 0) is 155 Å². The largest absolute Gasteiger partial charge is 0.458 e. The average molecular weight is 845 g/mol. The number of nitrogens with zero attached hydrogens (tertiary/aromatic N) is 4. The predicted octanol–water partition coefficient (Wildman–Crippen LogP) is 13.1. The minimum absolute atomic E-state index is 0.00570. The van der Waals surface area contributed by atoms with Crippen LogP contribution in [-0.2, 0) is 56.8 Å². The molecule has 18 rings (SSSR count). The van der Waals surface area contributed by atoms with Crippen molar-refractivity contribution in [2.75, 3.05) is 0 Å². The summed E-state index contributed by atoms with van der Waals surface area (Å²) in [6, 6.07) is 58.0. The normalized spacial score (nSPS) is 13.9. The molecule has 0 spiro atoms. The fourth-order valence-corrected chi connectivity index (χ4v) is 10.5. The maximum atomic E-state index is 6.81. The molecule has 318 valence electrons. The summed E-state index contributed by atoms with van der Waals surface area (Å²) < 4.78 is 13.7. The first-order valence-electron chi connectivity index (χ1n) is 23.4. The first-order valence-corrected chi connectivity index (χ1v) is 23.4. The van der Waals surface area contributed by atoms with Gasteiger partial charge in [0.1, 0.15) is 17.3 Å². The van der Waals surface area contributed by atoms with Crippen LogP contribution in [0.4, 0.5) is 0 Å². The van der Waals surface area contributed by atoms with Crippen LogP contribution in [0.5, 0.6) is 11.5 Å². The van der Waals surface area contributed by atoms with Gasteiger partial charge < -0.3 is 4.74 Å². The van der Waals surface area contributed by atoms with Crippen molar-refractivity contribution >= 4 is 32.8 Å². The number of hydrogen-bond donors (Lipinski definition) is 0. The third-order valence-corrected chi connectivity index (χ3v) is 14.0. The van der Waals surface area contributed by atoms with Crippen LogP contribution in [0.2, 0.25) is 0 Å². The van der Waals surface area contributed by atoms with Gasteiger partial charge in [-0.1, -0.05) is 124 Å². The predicted molar refractivity (Wildman–Crippen MR) is 264 cm³/mol. The second kappa shape index (κ2) is 15.8. The van der Waals surface area contributed by atoms with Gasteiger partial charge in [-0.15, -0.1) is 0 Å². The lowest BCUT2D eigenvalue weighted by atomic mass is 9.84. The van der Waals surface area contributed by atoms with Crippen LogP contribution in [0.1, 0.15) is 70.8 Å². The first kappa shape index (κ1) is 39.4. The number of aryl methyl sites for hydroxylation is 6. The molecule has 3 heterocycles. The second-order valence-electron chi connectivity index (χ2n) is 19.2. The zero-order valence-corrected chi connectivity index (χ0v) is 37.4. The smallest absolute Gasteiger partial charge is 0.269 e. The van der Waals surface area contributed by atoms with Crippen molar-refractivity contribution in [2.24, 2.45) is 0 Å². The molecule has 5 heteroatoms. The van der Waals surface area contributed by atoms with E-state index in [0.717, 1.165) is 96.4 Å². The molecule has 0 saturated carbocycles. The van der Waals surface area contributed by atoms with Gasteiger partial charge in [0.25, 0.3) is 6.33 Å². The van der Waals surface area contributed by atoms with Crippen molar-refractivity contribution in [3.63, 3.8) is 0 Å². The lowest BCUT2D eigenvalue weighted by molar-refractivity contribution is -0.573. The minimum atomic E-state index is -0.00570. The number of hydrogen-bond acceptors (Lipinski definition) is 2. The molecule has 0 saturated heterocycles. The van der Waals surface area contributed by atoms with Crippen LogP contribution in [0.3, 0.4) is 0 Å². The van der Waals surface area contributed by atoms with Gasteiger partial charge in [0.15, 0.2) is 0 Å². The summed E-state index contributed by atoms with van der Waals surface area (Å²) in [5.41, 5.74) is 19.5. The summed E-state index contributed by atoms with van der Waals surface area (Å²) in [5, 5.41) is 2.35. The summed E-state index contributed by atoms with van der Waals surface area (Å²) in [5.74, 6) is 2.44. The van der Waals surface area contributed by atoms with E-state index < -0.39 is 0 Å². The molecule has 8 aliphatic carbocycles. The number of aromatic nitrogens is 4. The van der Waals surface area contributed by atoms with Crippen LogP contribution in [0.15, 0.2) is 164 Å². The molecule has 0 unspecified atom stereocenters. The number of benzene rings is 7. The number of fused-ring (bicyclic) bond motifs is 4. The Bertz CT molecular complexity index is 3360. The molecular weight excluding hydrogens is 793 g/mol. The quantitative estimate of drug-likeness (QED) is 0.128. The highest BCUT2D eigenvalue weighted by molar-refractivity contribution is 6.09. The zero-order chi connectivity index (χ0) is 43.6. The average Bonchev–Trinajstić information content (AvgIpc) is 3.86. The fraction of sp³-hybridized carbons (Fsp3) is 0.200. The standard InChI is InChI=1S/C60H52N4O/c1-60(2,3)46-33-34-61-58(36-46)64-54-12-5-4-11-52(54)53-32-29-49(38-57(53)64)65-48-10-8-9-47(37-48)62-39-63(56-14-7-6-13-55(56)62)59-50-30-25-42-19-15-40(16-20-42)23-27-44-35-45(50)28-24-41-17-21-43(22-18-41)26-31-51(44)59/h4-22,29,32-38H,23-28,30-31H2,1-3H3. The Morgan fingerprint density at radius 1 is 0.523 bits per heavy atom. The number of imidazole rings is 1. The number of ether oxygens (including phenoxy) is 1. The van der Waals surface area contributed by atoms with Gasteiger partial charge in [-0.3, -0.25) is 13.7 Å². The Morgan fingerprint density at radius 2 is 1.12 bits per heavy atom. The summed E-state index contributed by atoms with van der Waals surface area (Å²) >= 11 is 0. The van der Waals surface area contributed by atoms with Crippen molar-refractivity contribution in [3.8, 4) is 28.7 Å². The van der Waals surface area contributed by atoms with Crippen LogP contribution >= 0.6 is 0 Å². The fourth-order valence-electron chi connectivity index (χ4n) is 10.5. The van der Waals surface area contributed by atoms with E-state index in [0.29, 0.717) is 0 Å². The third-order valence-electron chi connectivity index (χ3n) is 14.0. The molecule has 10 aromatic rings. The Labute approximate surface area is 381 Å². The lowest BCUT2D eigenvalue weighted by Crippen LogP contribution is -2.34. The number of para-hydroxylation sites is 3. The summed E-state index contributed by atoms with van der Waals surface area (Å²) in [6.07, 6.45) is 13.9. The molecular formula is C60H52N4O. The molecule has 0 aliphatic heterocycles. The van der Waals surface area contributed by atoms with Gasteiger partial charge >= 0.3 is 0 Å². The van der Waals surface area contributed by atoms with Crippen molar-refractivity contribution in [1.82, 2.24) is 14.1 Å². The van der Waals surface area contributed by atoms with Crippen LogP contribution in [0, 0.1) is 6.33 Å². The Hall–Kier alpha value is -7.24. The highest BCUT2D eigenvalue weighted by Crippen LogP contribution is 2.37. The SMILES string of the molecule is CC(C)(C)c1ccnc(-n2c3ccccc3c3ccc(Oc4cccc(-n5[c-][n+](-c6c7c8cc(c6CCc6ccc(cc6)CC8)CCc6ccc(cc6)CC7)c6ccccc65)c4)cc32)c1. The van der Waals surface area contributed by atoms with Crippen LogP contribution in [0.25, 0.3) is 50.0 Å². The molecule has 5 nitrogen and oxygen atoms in total. The number of rotatable bonds is 5. The molecule has 0 atom stereocenters. The summed E-state index contributed by atoms with van der Waals surface area (Å²) in [4.78, 5) is 4.90. The molecule has 7 aromatic carbocycles. The minimum Gasteiger partial charge on any atom is -0.458 e. The monoisotopic (exact) mass is 844 g/mol. The van der Waals surface area contributed by atoms with Crippen molar-refractivity contribution in [1.29, 1.82) is 0 Å². The van der Waals surface area contributed by atoms with Gasteiger partial charge in [0.2, 0.25) is 0 Å². The Balaban J connectivity index is 0.972. The molecule has 3 aromatic heterocycles. The Kier molecular flexibility index (Phi) is 9.55. The molecule has 65 heavy (non-hydrogen) atoms. The van der Waals surface area contributed by atoms with Crippen LogP contribution in [-0.4, -0.2) is 14.1 Å². The molecule has 0 N–H and O–H groups in total. The van der Waals surface area contributed by atoms with E-state index in [1.165, 1.54) is 66.5 Å². The van der Waals surface area contributed by atoms with Gasteiger partial charge in [0.05, 0.1) is 33.4 Å². The van der Waals surface area contributed by atoms with E-state index in [4.69, 9.17) is 9.72 Å². The molecule has 0 radical (unpaired) electrons. The van der Waals surface area contributed by atoms with E-state index in [1.807, 2.05) is 6.20 Å². The maximum absolute atomic E-state index is 6.81. The topological polar surface area (TPSA) is 35.9 Å². The molecule has 0 fully saturated rings. The van der Waals surface area contributed by atoms with Gasteiger partial charge in [0, 0.05) is 23.0 Å². The summed E-state index contributed by atoms with van der Waals surface area (Å²) in [6.45, 7) is 6.74. The maximum Gasteiger partial charge on any atom is 0.269 e. The molecule has 0 amide bonds. The second-order valence-corrected chi connectivity index (χ2v) is 19.2. The highest BCUT2D eigenvalue weighted by atomic mass is 16.5. The van der Waals surface area contributed by atoms with E-state index in [9.17, 15) is 0 Å². The van der Waals surface area contributed by atoms with Crippen molar-refractivity contribution in [3.05, 3.63) is 220 Å². The van der Waals surface area contributed by atoms with Gasteiger partial charge in [-0.25, -0.2) is 4.98 Å². The van der Waals surface area contributed by atoms with Crippen molar-refractivity contribution in [2.45, 2.75) is 77.6 Å². The van der Waals surface area contributed by atoms with Gasteiger partial charge in [-0.2, -0.15) is 0 Å². The molecule has 8 aliphatic rings. The lowest BCUT2D eigenvalue weighted by Gasteiger charge is -2.25.